The van der Waals surface area contributed by atoms with Crippen LogP contribution in [0.2, 0.25) is 0 Å². The number of carbonyl (C=O) groups is 1. The minimum absolute atomic E-state index is 0.189. The van der Waals surface area contributed by atoms with Gasteiger partial charge in [0, 0.05) is 25.0 Å². The van der Waals surface area contributed by atoms with Crippen LogP contribution in [0, 0.1) is 0 Å². The monoisotopic (exact) mass is 575 g/mol. The summed E-state index contributed by atoms with van der Waals surface area (Å²) in [6.45, 7) is 2.69. The SMILES string of the molecule is COc1ccc(CN(Cc2ccc3c(c2)OCO3)Cc2nc(C(=O)NCCc3ccc(OC)c(OC)c3)cs2)cc1. The number of carbonyl (C=O) groups excluding carboxylic acids is 1. The molecular formula is C31H33N3O6S. The first-order chi connectivity index (χ1) is 20.0. The normalized spacial score (nSPS) is 11.9. The fourth-order valence-electron chi connectivity index (χ4n) is 4.58. The molecule has 0 saturated carbocycles. The van der Waals surface area contributed by atoms with Gasteiger partial charge in [-0.3, -0.25) is 9.69 Å². The molecule has 0 unspecified atom stereocenters. The molecule has 0 atom stereocenters. The molecule has 0 radical (unpaired) electrons. The van der Waals surface area contributed by atoms with Crippen molar-refractivity contribution in [2.45, 2.75) is 26.1 Å². The second-order valence-electron chi connectivity index (χ2n) is 9.50. The highest BCUT2D eigenvalue weighted by Gasteiger charge is 2.17. The second-order valence-corrected chi connectivity index (χ2v) is 10.4. The molecule has 1 amide bonds. The van der Waals surface area contributed by atoms with Crippen LogP contribution >= 0.6 is 11.3 Å². The first-order valence-corrected chi connectivity index (χ1v) is 14.1. The fourth-order valence-corrected chi connectivity index (χ4v) is 5.40. The number of methoxy groups -OCH3 is 3. The summed E-state index contributed by atoms with van der Waals surface area (Å²) in [6.07, 6.45) is 0.661. The lowest BCUT2D eigenvalue weighted by Crippen LogP contribution is -2.26. The number of rotatable bonds is 13. The van der Waals surface area contributed by atoms with Crippen molar-refractivity contribution in [2.24, 2.45) is 0 Å². The number of hydrogen-bond donors (Lipinski definition) is 1. The zero-order valence-electron chi connectivity index (χ0n) is 23.3. The van der Waals surface area contributed by atoms with Crippen LogP contribution in [0.3, 0.4) is 0 Å². The molecule has 4 aromatic rings. The van der Waals surface area contributed by atoms with E-state index in [1.165, 1.54) is 11.3 Å². The van der Waals surface area contributed by atoms with Gasteiger partial charge in [0.25, 0.3) is 5.91 Å². The molecule has 0 bridgehead atoms. The van der Waals surface area contributed by atoms with E-state index in [9.17, 15) is 4.79 Å². The number of thiazole rings is 1. The summed E-state index contributed by atoms with van der Waals surface area (Å²) >= 11 is 1.48. The van der Waals surface area contributed by atoms with Gasteiger partial charge in [0.15, 0.2) is 23.0 Å². The smallest absolute Gasteiger partial charge is 0.270 e. The van der Waals surface area contributed by atoms with Gasteiger partial charge in [0.1, 0.15) is 16.5 Å². The molecule has 5 rings (SSSR count). The number of nitrogens with one attached hydrogen (secondary N) is 1. The zero-order valence-corrected chi connectivity index (χ0v) is 24.2. The van der Waals surface area contributed by atoms with E-state index in [0.717, 1.165) is 38.9 Å². The quantitative estimate of drug-likeness (QED) is 0.236. The number of benzene rings is 3. The maximum absolute atomic E-state index is 12.8. The Labute approximate surface area is 243 Å². The zero-order chi connectivity index (χ0) is 28.6. The van der Waals surface area contributed by atoms with E-state index >= 15 is 0 Å². The minimum atomic E-state index is -0.189. The Morgan fingerprint density at radius 3 is 2.37 bits per heavy atom. The molecule has 0 saturated heterocycles. The van der Waals surface area contributed by atoms with Crippen LogP contribution in [0.4, 0.5) is 0 Å². The third kappa shape index (κ3) is 7.27. The van der Waals surface area contributed by atoms with Gasteiger partial charge in [-0.1, -0.05) is 24.3 Å². The second kappa shape index (κ2) is 13.4. The highest BCUT2D eigenvalue weighted by molar-refractivity contribution is 7.09. The van der Waals surface area contributed by atoms with Gasteiger partial charge < -0.3 is 29.0 Å². The lowest BCUT2D eigenvalue weighted by molar-refractivity contribution is 0.0949. The molecule has 3 aromatic carbocycles. The number of hydrogen-bond acceptors (Lipinski definition) is 9. The van der Waals surface area contributed by atoms with Crippen molar-refractivity contribution in [3.05, 3.63) is 93.4 Å². The van der Waals surface area contributed by atoms with Crippen LogP contribution in [0.25, 0.3) is 0 Å². The van der Waals surface area contributed by atoms with E-state index in [4.69, 9.17) is 23.7 Å². The fraction of sp³-hybridized carbons (Fsp3) is 0.290. The summed E-state index contributed by atoms with van der Waals surface area (Å²) in [6, 6.07) is 19.8. The van der Waals surface area contributed by atoms with E-state index in [0.29, 0.717) is 49.8 Å². The molecule has 1 aliphatic heterocycles. The molecule has 10 heteroatoms. The van der Waals surface area contributed by atoms with Crippen LogP contribution in [0.1, 0.15) is 32.2 Å². The lowest BCUT2D eigenvalue weighted by Gasteiger charge is -2.22. The number of ether oxygens (including phenoxy) is 5. The Morgan fingerprint density at radius 1 is 0.854 bits per heavy atom. The van der Waals surface area contributed by atoms with Crippen LogP contribution in [0.5, 0.6) is 28.7 Å². The Balaban J connectivity index is 1.22. The first kappa shape index (κ1) is 28.3. The van der Waals surface area contributed by atoms with Crippen molar-refractivity contribution < 1.29 is 28.5 Å². The summed E-state index contributed by atoms with van der Waals surface area (Å²) in [5.41, 5.74) is 3.72. The highest BCUT2D eigenvalue weighted by Crippen LogP contribution is 2.33. The summed E-state index contributed by atoms with van der Waals surface area (Å²) < 4.78 is 27.0. The summed E-state index contributed by atoms with van der Waals surface area (Å²) in [5.74, 6) is 3.49. The molecular weight excluding hydrogens is 542 g/mol. The van der Waals surface area contributed by atoms with Crippen molar-refractivity contribution in [3.63, 3.8) is 0 Å². The highest BCUT2D eigenvalue weighted by atomic mass is 32.1. The molecule has 41 heavy (non-hydrogen) atoms. The van der Waals surface area contributed by atoms with Crippen molar-refractivity contribution in [1.29, 1.82) is 0 Å². The Hall–Kier alpha value is -4.28. The maximum atomic E-state index is 12.8. The molecule has 0 fully saturated rings. The lowest BCUT2D eigenvalue weighted by atomic mass is 10.1. The molecule has 2 heterocycles. The largest absolute Gasteiger partial charge is 0.497 e. The van der Waals surface area contributed by atoms with E-state index in [-0.39, 0.29) is 12.7 Å². The number of nitrogens with zero attached hydrogens (tertiary/aromatic N) is 2. The van der Waals surface area contributed by atoms with E-state index < -0.39 is 0 Å². The Bertz CT molecular complexity index is 1470. The van der Waals surface area contributed by atoms with Crippen LogP contribution in [0.15, 0.2) is 66.0 Å². The van der Waals surface area contributed by atoms with Gasteiger partial charge in [-0.2, -0.15) is 0 Å². The summed E-state index contributed by atoms with van der Waals surface area (Å²) in [5, 5.41) is 5.65. The number of fused-ring (bicyclic) bond motifs is 1. The number of aromatic nitrogens is 1. The number of amides is 1. The standard InChI is InChI=1S/C31H33N3O6S/c1-36-24-8-4-22(5-9-24)16-34(17-23-7-11-27-29(15-23)40-20-39-27)18-30-33-25(19-41-30)31(35)32-13-12-21-6-10-26(37-2)28(14-21)38-3/h4-11,14-15,19H,12-13,16-18,20H2,1-3H3,(H,32,35). The maximum Gasteiger partial charge on any atom is 0.270 e. The van der Waals surface area contributed by atoms with Crippen LogP contribution < -0.4 is 29.0 Å². The van der Waals surface area contributed by atoms with Crippen molar-refractivity contribution in [1.82, 2.24) is 15.2 Å². The van der Waals surface area contributed by atoms with Crippen LogP contribution in [-0.2, 0) is 26.1 Å². The Kier molecular flexibility index (Phi) is 9.22. The molecule has 9 nitrogen and oxygen atoms in total. The molecule has 0 spiro atoms. The molecule has 0 aliphatic carbocycles. The average molecular weight is 576 g/mol. The van der Waals surface area contributed by atoms with Gasteiger partial charge in [-0.25, -0.2) is 4.98 Å². The predicted molar refractivity (Wildman–Crippen MR) is 156 cm³/mol. The first-order valence-electron chi connectivity index (χ1n) is 13.2. The summed E-state index contributed by atoms with van der Waals surface area (Å²) in [4.78, 5) is 19.8. The predicted octanol–water partition coefficient (Wildman–Crippen LogP) is 5.07. The van der Waals surface area contributed by atoms with Crippen LogP contribution in [-0.4, -0.2) is 50.5 Å². The third-order valence-electron chi connectivity index (χ3n) is 6.70. The van der Waals surface area contributed by atoms with E-state index in [1.807, 2.05) is 53.9 Å². The van der Waals surface area contributed by atoms with Gasteiger partial charge in [0.2, 0.25) is 6.79 Å². The average Bonchev–Trinajstić information content (AvgIpc) is 3.67. The van der Waals surface area contributed by atoms with E-state index in [1.54, 1.807) is 21.3 Å². The van der Waals surface area contributed by atoms with Gasteiger partial charge >= 0.3 is 0 Å². The van der Waals surface area contributed by atoms with Crippen molar-refractivity contribution in [2.75, 3.05) is 34.7 Å². The molecule has 1 aromatic heterocycles. The molecule has 1 aliphatic rings. The Morgan fingerprint density at radius 2 is 1.59 bits per heavy atom. The van der Waals surface area contributed by atoms with Crippen molar-refractivity contribution >= 4 is 17.2 Å². The van der Waals surface area contributed by atoms with Gasteiger partial charge in [-0.15, -0.1) is 11.3 Å². The summed E-state index contributed by atoms with van der Waals surface area (Å²) in [7, 11) is 4.87. The minimum Gasteiger partial charge on any atom is -0.497 e. The van der Waals surface area contributed by atoms with E-state index in [2.05, 4.69) is 27.3 Å². The topological polar surface area (TPSA) is 91.4 Å². The van der Waals surface area contributed by atoms with Gasteiger partial charge in [0.05, 0.1) is 27.9 Å². The third-order valence-corrected chi connectivity index (χ3v) is 7.53. The van der Waals surface area contributed by atoms with Gasteiger partial charge in [-0.05, 0) is 59.5 Å². The molecule has 214 valence electrons. The van der Waals surface area contributed by atoms with Crippen molar-refractivity contribution in [3.8, 4) is 28.7 Å². The molecule has 1 N–H and O–H groups in total.